The van der Waals surface area contributed by atoms with E-state index >= 15 is 0 Å². The zero-order chi connectivity index (χ0) is 28.5. The molecule has 4 rings (SSSR count). The SMILES string of the molecule is COc1ccc(C(=O)Nc2ccccc2C(=O)NC(Cc2ccc(O)cc2)C(=O)Nc2ccccc2OC)cc1. The summed E-state index contributed by atoms with van der Waals surface area (Å²) in [5.74, 6) is -0.253. The number of benzene rings is 4. The van der Waals surface area contributed by atoms with Crippen LogP contribution in [0.1, 0.15) is 26.3 Å². The summed E-state index contributed by atoms with van der Waals surface area (Å²) in [5, 5.41) is 18.0. The highest BCUT2D eigenvalue weighted by Gasteiger charge is 2.24. The Balaban J connectivity index is 1.56. The highest BCUT2D eigenvalue weighted by molar-refractivity contribution is 6.10. The number of hydrogen-bond acceptors (Lipinski definition) is 6. The average Bonchev–Trinajstić information content (AvgIpc) is 2.98. The number of phenolic OH excluding ortho intramolecular Hbond substituents is 1. The zero-order valence-electron chi connectivity index (χ0n) is 22.0. The highest BCUT2D eigenvalue weighted by atomic mass is 16.5. The van der Waals surface area contributed by atoms with E-state index in [1.165, 1.54) is 26.4 Å². The molecule has 0 heterocycles. The molecule has 40 heavy (non-hydrogen) atoms. The Morgan fingerprint density at radius 3 is 2.05 bits per heavy atom. The molecule has 0 saturated heterocycles. The number of methoxy groups -OCH3 is 2. The van der Waals surface area contributed by atoms with Crippen LogP contribution in [0.25, 0.3) is 0 Å². The summed E-state index contributed by atoms with van der Waals surface area (Å²) in [5.41, 5.74) is 2.03. The first-order valence-electron chi connectivity index (χ1n) is 12.4. The lowest BCUT2D eigenvalue weighted by Crippen LogP contribution is -2.45. The normalized spacial score (nSPS) is 11.2. The van der Waals surface area contributed by atoms with Crippen LogP contribution in [0.15, 0.2) is 97.1 Å². The Morgan fingerprint density at radius 2 is 1.38 bits per heavy atom. The van der Waals surface area contributed by atoms with Crippen molar-refractivity contribution < 1.29 is 29.0 Å². The first-order valence-corrected chi connectivity index (χ1v) is 12.4. The standard InChI is InChI=1S/C31H29N3O6/c1-39-23-17-13-21(14-18-23)29(36)32-25-8-4-3-7-24(25)30(37)34-27(19-20-11-15-22(35)16-12-20)31(38)33-26-9-5-6-10-28(26)40-2/h3-18,27,35H,19H2,1-2H3,(H,32,36)(H,33,38)(H,34,37). The number of para-hydroxylation sites is 3. The Hall–Kier alpha value is -5.31. The number of hydrogen-bond donors (Lipinski definition) is 4. The van der Waals surface area contributed by atoms with Gasteiger partial charge in [0.25, 0.3) is 11.8 Å². The van der Waals surface area contributed by atoms with Gasteiger partial charge in [-0.25, -0.2) is 0 Å². The third kappa shape index (κ3) is 6.96. The Labute approximate surface area is 231 Å². The van der Waals surface area contributed by atoms with Crippen LogP contribution < -0.4 is 25.4 Å². The molecule has 0 aliphatic rings. The van der Waals surface area contributed by atoms with E-state index in [1.54, 1.807) is 84.9 Å². The smallest absolute Gasteiger partial charge is 0.255 e. The van der Waals surface area contributed by atoms with Crippen molar-refractivity contribution in [3.05, 3.63) is 114 Å². The summed E-state index contributed by atoms with van der Waals surface area (Å²) in [6, 6.07) is 25.4. The number of anilines is 2. The summed E-state index contributed by atoms with van der Waals surface area (Å²) in [6.07, 6.45) is 0.146. The van der Waals surface area contributed by atoms with Crippen molar-refractivity contribution in [2.45, 2.75) is 12.5 Å². The predicted molar refractivity (Wildman–Crippen MR) is 152 cm³/mol. The van der Waals surface area contributed by atoms with E-state index in [0.717, 1.165) is 5.56 Å². The minimum Gasteiger partial charge on any atom is -0.508 e. The molecule has 1 atom stereocenters. The maximum Gasteiger partial charge on any atom is 0.255 e. The molecule has 0 aliphatic heterocycles. The molecule has 0 bridgehead atoms. The maximum atomic E-state index is 13.5. The van der Waals surface area contributed by atoms with Crippen LogP contribution >= 0.6 is 0 Å². The van der Waals surface area contributed by atoms with Gasteiger partial charge in [-0.3, -0.25) is 14.4 Å². The van der Waals surface area contributed by atoms with Crippen molar-refractivity contribution >= 4 is 29.1 Å². The molecule has 9 heteroatoms. The van der Waals surface area contributed by atoms with Crippen LogP contribution in [-0.2, 0) is 11.2 Å². The molecule has 4 N–H and O–H groups in total. The molecule has 0 aliphatic carbocycles. The summed E-state index contributed by atoms with van der Waals surface area (Å²) in [7, 11) is 3.04. The number of ether oxygens (including phenoxy) is 2. The van der Waals surface area contributed by atoms with Gasteiger partial charge in [-0.2, -0.15) is 0 Å². The summed E-state index contributed by atoms with van der Waals surface area (Å²) >= 11 is 0. The van der Waals surface area contributed by atoms with Gasteiger partial charge < -0.3 is 30.5 Å². The second-order valence-corrected chi connectivity index (χ2v) is 8.81. The van der Waals surface area contributed by atoms with E-state index in [1.807, 2.05) is 0 Å². The topological polar surface area (TPSA) is 126 Å². The fourth-order valence-electron chi connectivity index (χ4n) is 4.01. The second-order valence-electron chi connectivity index (χ2n) is 8.81. The first-order chi connectivity index (χ1) is 19.4. The van der Waals surface area contributed by atoms with Gasteiger partial charge in [0.05, 0.1) is 31.2 Å². The molecule has 3 amide bonds. The van der Waals surface area contributed by atoms with Crippen LogP contribution in [0.2, 0.25) is 0 Å². The van der Waals surface area contributed by atoms with Crippen molar-refractivity contribution in [2.75, 3.05) is 24.9 Å². The van der Waals surface area contributed by atoms with Gasteiger partial charge in [0.15, 0.2) is 0 Å². The number of phenols is 1. The minimum absolute atomic E-state index is 0.0873. The van der Waals surface area contributed by atoms with Gasteiger partial charge in [0.2, 0.25) is 5.91 Å². The molecular formula is C31H29N3O6. The zero-order valence-corrected chi connectivity index (χ0v) is 22.0. The largest absolute Gasteiger partial charge is 0.508 e. The fraction of sp³-hybridized carbons (Fsp3) is 0.129. The number of rotatable bonds is 10. The number of amides is 3. The summed E-state index contributed by atoms with van der Waals surface area (Å²) < 4.78 is 10.5. The summed E-state index contributed by atoms with van der Waals surface area (Å²) in [6.45, 7) is 0. The molecule has 4 aromatic carbocycles. The first kappa shape index (κ1) is 27.7. The quantitative estimate of drug-likeness (QED) is 0.233. The van der Waals surface area contributed by atoms with E-state index < -0.39 is 23.8 Å². The predicted octanol–water partition coefficient (Wildman–Crippen LogP) is 4.64. The van der Waals surface area contributed by atoms with Gasteiger partial charge >= 0.3 is 0 Å². The number of carbonyl (C=O) groups excluding carboxylic acids is 3. The molecule has 1 unspecified atom stereocenters. The lowest BCUT2D eigenvalue weighted by Gasteiger charge is -2.20. The minimum atomic E-state index is -0.993. The molecule has 0 spiro atoms. The van der Waals surface area contributed by atoms with Crippen LogP contribution in [0.5, 0.6) is 17.2 Å². The molecule has 0 saturated carbocycles. The van der Waals surface area contributed by atoms with E-state index in [-0.39, 0.29) is 23.4 Å². The summed E-state index contributed by atoms with van der Waals surface area (Å²) in [4.78, 5) is 39.8. The van der Waals surface area contributed by atoms with E-state index in [4.69, 9.17) is 9.47 Å². The molecule has 9 nitrogen and oxygen atoms in total. The Kier molecular flexibility index (Phi) is 8.99. The van der Waals surface area contributed by atoms with Crippen LogP contribution in [0.3, 0.4) is 0 Å². The molecule has 4 aromatic rings. The van der Waals surface area contributed by atoms with E-state index in [2.05, 4.69) is 16.0 Å². The molecule has 0 fully saturated rings. The van der Waals surface area contributed by atoms with E-state index in [9.17, 15) is 19.5 Å². The molecule has 0 aromatic heterocycles. The fourth-order valence-corrected chi connectivity index (χ4v) is 4.01. The molecular weight excluding hydrogens is 510 g/mol. The number of aromatic hydroxyl groups is 1. The number of carbonyl (C=O) groups is 3. The van der Waals surface area contributed by atoms with Gasteiger partial charge in [-0.15, -0.1) is 0 Å². The maximum absolute atomic E-state index is 13.5. The lowest BCUT2D eigenvalue weighted by atomic mass is 10.0. The highest BCUT2D eigenvalue weighted by Crippen LogP contribution is 2.24. The van der Waals surface area contributed by atoms with Crippen LogP contribution in [0.4, 0.5) is 11.4 Å². The van der Waals surface area contributed by atoms with Crippen LogP contribution in [-0.4, -0.2) is 43.1 Å². The lowest BCUT2D eigenvalue weighted by molar-refractivity contribution is -0.118. The van der Waals surface area contributed by atoms with Gasteiger partial charge in [0, 0.05) is 12.0 Å². The van der Waals surface area contributed by atoms with Gasteiger partial charge in [-0.05, 0) is 66.2 Å². The molecule has 0 radical (unpaired) electrons. The van der Waals surface area contributed by atoms with Crippen molar-refractivity contribution in [2.24, 2.45) is 0 Å². The Morgan fingerprint density at radius 1 is 0.725 bits per heavy atom. The van der Waals surface area contributed by atoms with Crippen molar-refractivity contribution in [1.29, 1.82) is 0 Å². The van der Waals surface area contributed by atoms with Crippen molar-refractivity contribution in [3.63, 3.8) is 0 Å². The average molecular weight is 540 g/mol. The third-order valence-corrected chi connectivity index (χ3v) is 6.13. The van der Waals surface area contributed by atoms with Crippen molar-refractivity contribution in [1.82, 2.24) is 5.32 Å². The van der Waals surface area contributed by atoms with Crippen LogP contribution in [0, 0.1) is 0 Å². The Bertz CT molecular complexity index is 1490. The van der Waals surface area contributed by atoms with E-state index in [0.29, 0.717) is 22.7 Å². The third-order valence-electron chi connectivity index (χ3n) is 6.13. The second kappa shape index (κ2) is 13.0. The number of nitrogens with one attached hydrogen (secondary N) is 3. The van der Waals surface area contributed by atoms with Gasteiger partial charge in [-0.1, -0.05) is 36.4 Å². The molecule has 204 valence electrons. The van der Waals surface area contributed by atoms with Crippen molar-refractivity contribution in [3.8, 4) is 17.2 Å². The monoisotopic (exact) mass is 539 g/mol. The van der Waals surface area contributed by atoms with Gasteiger partial charge in [0.1, 0.15) is 23.3 Å².